The van der Waals surface area contributed by atoms with Gasteiger partial charge in [-0.25, -0.2) is 22.8 Å². The first kappa shape index (κ1) is 101. The lowest BCUT2D eigenvalue weighted by Crippen LogP contribution is -2.29. The van der Waals surface area contributed by atoms with Gasteiger partial charge in [-0.1, -0.05) is 329 Å². The fourth-order valence-electron chi connectivity index (χ4n) is 24.1. The monoisotopic (exact) mass is 1980 g/mol. The predicted molar refractivity (Wildman–Crippen MR) is 631 cm³/mol. The molecule has 752 valence electrons. The van der Waals surface area contributed by atoms with Gasteiger partial charge in [0.15, 0.2) is 11.4 Å². The van der Waals surface area contributed by atoms with Crippen LogP contribution in [0.5, 0.6) is 0 Å². The standard InChI is InChI=1S/C31H35N2.C30H33N2.C29H31N2O.C29H31N2S.C18H17N2/c1-20(2)17-23-12-10-13-24(18-21(3)4)30(23)28-19-32(6)31-29-22(5)11-9-15-26(29)25-14-7-8-16-27(25)33(28)31;1-19(2)17-22-12-10-14-23(20(3)4)29(22)27-18-31(6)30-28-21(5)11-9-15-25(28)24-13-7-8-16-26(24)32(27)30;2*1-18(2)23-17-24-22-13-9-10-14-25(22)32-28(24)26(19(3)4)27(23)31-16-15-30(6)29(31)21-12-8-7-11-20(21)5;1-12-7-6-9-15-14-8-4-5-10-16(14)20-11-13(2)19(3)18(20)17(12)15/h7-16,19-21H,17-18H2,1-6H3;7-16,18-20H,17H2,1-6H3;2*7-19H,1-6H3;4-11H,1-3H3/q5*+1. The van der Waals surface area contributed by atoms with Crippen LogP contribution in [0.15, 0.2) is 321 Å². The summed E-state index contributed by atoms with van der Waals surface area (Å²) in [4.78, 5) is 0. The highest BCUT2D eigenvalue weighted by atomic mass is 32.1. The van der Waals surface area contributed by atoms with E-state index in [4.69, 9.17) is 4.42 Å². The lowest BCUT2D eigenvalue weighted by molar-refractivity contribution is -0.659. The zero-order valence-electron chi connectivity index (χ0n) is 92.6. The average molecular weight is 1980 g/mol. The molecule has 0 N–H and O–H groups in total. The van der Waals surface area contributed by atoms with Crippen LogP contribution in [0.2, 0.25) is 0 Å². The van der Waals surface area contributed by atoms with Crippen LogP contribution in [0.3, 0.4) is 0 Å². The van der Waals surface area contributed by atoms with Crippen LogP contribution in [-0.4, -0.2) is 22.5 Å². The summed E-state index contributed by atoms with van der Waals surface area (Å²) >= 11 is 1.94. The Morgan fingerprint density at radius 2 is 0.711 bits per heavy atom. The van der Waals surface area contributed by atoms with Crippen molar-refractivity contribution in [2.45, 2.75) is 201 Å². The summed E-state index contributed by atoms with van der Waals surface area (Å²) in [6, 6.07) is 99.5. The number of benzene rings is 14. The normalized spacial score (nSPS) is 12.0. The molecule has 0 saturated heterocycles. The summed E-state index contributed by atoms with van der Waals surface area (Å²) < 4.78 is 32.9. The van der Waals surface area contributed by atoms with Crippen LogP contribution in [0.25, 0.3) is 181 Å². The molecule has 0 bridgehead atoms. The quantitative estimate of drug-likeness (QED) is 0.0662. The Hall–Kier alpha value is -14.9. The van der Waals surface area contributed by atoms with Gasteiger partial charge in [-0.05, 0) is 206 Å². The summed E-state index contributed by atoms with van der Waals surface area (Å²) in [6.07, 6.45) is 19.0. The van der Waals surface area contributed by atoms with E-state index in [-0.39, 0.29) is 0 Å². The molecule has 0 spiro atoms. The fraction of sp³-hybridized carbons (Fsp3) is 0.277. The van der Waals surface area contributed by atoms with Crippen molar-refractivity contribution in [2.75, 3.05) is 0 Å². The van der Waals surface area contributed by atoms with Gasteiger partial charge in [-0.15, -0.1) is 11.3 Å². The van der Waals surface area contributed by atoms with Crippen molar-refractivity contribution in [2.24, 2.45) is 53.0 Å². The average Bonchev–Trinajstić information content (AvgIpc) is 1.57. The van der Waals surface area contributed by atoms with E-state index >= 15 is 0 Å². The second-order valence-electron chi connectivity index (χ2n) is 44.8. The maximum absolute atomic E-state index is 6.50. The highest BCUT2D eigenvalue weighted by Gasteiger charge is 2.36. The molecule has 24 rings (SSSR count). The summed E-state index contributed by atoms with van der Waals surface area (Å²) in [7, 11) is 10.8. The van der Waals surface area contributed by atoms with Gasteiger partial charge < -0.3 is 4.42 Å². The number of fused-ring (bicyclic) bond motifs is 24. The molecule has 0 aliphatic rings. The van der Waals surface area contributed by atoms with Gasteiger partial charge in [0.05, 0.1) is 62.5 Å². The molecule has 149 heavy (non-hydrogen) atoms. The minimum absolute atomic E-state index is 0.309. The first-order valence-corrected chi connectivity index (χ1v) is 54.9. The van der Waals surface area contributed by atoms with Crippen molar-refractivity contribution in [1.82, 2.24) is 22.5 Å². The third kappa shape index (κ3) is 18.3. The Kier molecular flexibility index (Phi) is 28.1. The van der Waals surface area contributed by atoms with Gasteiger partial charge in [-0.3, -0.25) is 0 Å². The van der Waals surface area contributed by atoms with Crippen LogP contribution in [0.4, 0.5) is 0 Å². The predicted octanol–water partition coefficient (Wildman–Crippen LogP) is 33.8. The number of furan rings is 1. The lowest BCUT2D eigenvalue weighted by Gasteiger charge is -2.19. The summed E-state index contributed by atoms with van der Waals surface area (Å²) in [5.41, 5.74) is 39.2. The SMILES string of the molecule is Cc1cccc2c3ccccc3[n+]3cc(C)n(C)c3c12.Cc1cccc2c3ccccc3n3c(-c4c(CC(C)C)cccc4C(C)C)c[n+](C)c3c12.Cc1cccc2c3ccccc3n3c(-c4c(CC(C)C)cccc4CC(C)C)c[n+](C)c3c12.Cc1ccccc1-c1n(-c2c(C(C)C)cc3c(oc4ccccc43)c2C(C)C)cc[n+]1C.Cc1ccccc1-c1n(-c2c(C(C)C)cc3c(sc4ccccc43)c2C(C)C)cc[n+]1C. The van der Waals surface area contributed by atoms with Crippen LogP contribution < -0.4 is 22.7 Å². The lowest BCUT2D eigenvalue weighted by atomic mass is 9.88. The third-order valence-electron chi connectivity index (χ3n) is 30.9. The van der Waals surface area contributed by atoms with Gasteiger partial charge in [-0.2, -0.15) is 22.3 Å². The van der Waals surface area contributed by atoms with Crippen molar-refractivity contribution >= 4 is 135 Å². The number of pyridine rings is 3. The molecule has 0 radical (unpaired) electrons. The first-order valence-electron chi connectivity index (χ1n) is 54.1. The molecular formula is C137H147N10OS+5. The smallest absolute Gasteiger partial charge is 0.295 e. The van der Waals surface area contributed by atoms with Crippen molar-refractivity contribution in [3.8, 4) is 56.7 Å². The second kappa shape index (κ2) is 41.3. The Labute approximate surface area is 883 Å². The number of aromatic nitrogens is 10. The fourth-order valence-corrected chi connectivity index (χ4v) is 25.5. The summed E-state index contributed by atoms with van der Waals surface area (Å²) in [5.74, 6) is 6.21. The van der Waals surface area contributed by atoms with Gasteiger partial charge in [0.2, 0.25) is 0 Å². The summed E-state index contributed by atoms with van der Waals surface area (Å²) in [5, 5.41) is 17.1. The number of para-hydroxylation sites is 4. The maximum Gasteiger partial charge on any atom is 0.295 e. The number of aryl methyl sites for hydroxylation is 11. The van der Waals surface area contributed by atoms with Crippen molar-refractivity contribution in [3.63, 3.8) is 0 Å². The molecule has 0 aliphatic carbocycles. The van der Waals surface area contributed by atoms with E-state index in [2.05, 4.69) is 543 Å². The molecule has 0 atom stereocenters. The van der Waals surface area contributed by atoms with Gasteiger partial charge in [0.1, 0.15) is 88.2 Å². The number of hydrogen-bond donors (Lipinski definition) is 0. The van der Waals surface area contributed by atoms with Crippen LogP contribution in [0.1, 0.15) is 218 Å². The van der Waals surface area contributed by atoms with E-state index in [1.54, 1.807) is 0 Å². The third-order valence-corrected chi connectivity index (χ3v) is 32.1. The van der Waals surface area contributed by atoms with E-state index in [0.717, 1.165) is 30.4 Å². The van der Waals surface area contributed by atoms with Gasteiger partial charge in [0, 0.05) is 104 Å². The number of imidazole rings is 5. The number of rotatable bonds is 17. The van der Waals surface area contributed by atoms with Crippen molar-refractivity contribution in [3.05, 3.63) is 394 Å². The maximum atomic E-state index is 6.50. The molecule has 10 heterocycles. The zero-order valence-corrected chi connectivity index (χ0v) is 93.4. The van der Waals surface area contributed by atoms with Crippen molar-refractivity contribution < 1.29 is 27.1 Å². The molecule has 0 saturated carbocycles. The minimum atomic E-state index is 0.309. The number of nitrogens with zero attached hydrogens (tertiary/aromatic N) is 10. The minimum Gasteiger partial charge on any atom is -0.456 e. The Bertz CT molecular complexity index is 9050. The van der Waals surface area contributed by atoms with E-state index in [1.807, 2.05) is 17.4 Å². The van der Waals surface area contributed by atoms with E-state index < -0.39 is 0 Å². The Morgan fingerprint density at radius 3 is 1.20 bits per heavy atom. The first-order chi connectivity index (χ1) is 71.7. The second-order valence-corrected chi connectivity index (χ2v) is 45.8. The van der Waals surface area contributed by atoms with E-state index in [1.165, 1.54) is 248 Å². The van der Waals surface area contributed by atoms with E-state index in [0.29, 0.717) is 47.3 Å². The Balaban J connectivity index is 0.000000114. The van der Waals surface area contributed by atoms with E-state index in [9.17, 15) is 0 Å². The topological polar surface area (TPSA) is 56.4 Å². The van der Waals surface area contributed by atoms with Gasteiger partial charge in [0.25, 0.3) is 28.6 Å². The van der Waals surface area contributed by atoms with Crippen LogP contribution in [-0.2, 0) is 54.5 Å². The molecule has 0 aliphatic heterocycles. The van der Waals surface area contributed by atoms with Gasteiger partial charge >= 0.3 is 0 Å². The van der Waals surface area contributed by atoms with Crippen LogP contribution >= 0.6 is 11.3 Å². The molecule has 0 unspecified atom stereocenters. The molecule has 24 aromatic rings. The molecule has 10 aromatic heterocycles. The molecule has 12 heteroatoms. The summed E-state index contributed by atoms with van der Waals surface area (Å²) in [6.45, 7) is 50.2. The molecule has 0 fully saturated rings. The number of hydrogen-bond acceptors (Lipinski definition) is 2. The van der Waals surface area contributed by atoms with Crippen molar-refractivity contribution in [1.29, 1.82) is 0 Å². The number of thiophene rings is 1. The highest BCUT2D eigenvalue weighted by molar-refractivity contribution is 7.26. The highest BCUT2D eigenvalue weighted by Crippen LogP contribution is 2.49. The molecule has 0 amide bonds. The molecule has 14 aromatic carbocycles. The largest absolute Gasteiger partial charge is 0.456 e. The molecular weight excluding hydrogens is 1830 g/mol. The van der Waals surface area contributed by atoms with Crippen LogP contribution in [0, 0.1) is 59.3 Å². The Morgan fingerprint density at radius 1 is 0.322 bits per heavy atom. The molecule has 11 nitrogen and oxygen atoms in total. The zero-order chi connectivity index (χ0) is 105.